The van der Waals surface area contributed by atoms with E-state index in [0.29, 0.717) is 19.1 Å². The molecule has 0 bridgehead atoms. The highest BCUT2D eigenvalue weighted by Crippen LogP contribution is 2.24. The third-order valence-corrected chi connectivity index (χ3v) is 7.14. The molecule has 1 saturated heterocycles. The molecule has 1 rings (SSSR count). The fraction of sp³-hybridized carbons (Fsp3) is 0.941. The van der Waals surface area contributed by atoms with Gasteiger partial charge in [0.1, 0.15) is 0 Å². The Bertz CT molecular complexity index is 320. The maximum Gasteiger partial charge on any atom is 0.501 e. The lowest BCUT2D eigenvalue weighted by atomic mass is 10.1. The molecule has 0 atom stereocenters. The van der Waals surface area contributed by atoms with Crippen molar-refractivity contribution in [3.63, 3.8) is 0 Å². The molecule has 0 N–H and O–H groups in total. The van der Waals surface area contributed by atoms with Crippen molar-refractivity contribution >= 4 is 26.1 Å². The Hall–Kier alpha value is -0.0131. The van der Waals surface area contributed by atoms with Crippen LogP contribution in [0.2, 0.25) is 6.04 Å². The monoisotopic (exact) mass is 362 g/mol. The van der Waals surface area contributed by atoms with Gasteiger partial charge in [-0.05, 0) is 32.0 Å². The summed E-state index contributed by atoms with van der Waals surface area (Å²) in [7, 11) is -2.46. The molecule has 0 aromatic carbocycles. The molecule has 0 aliphatic carbocycles. The zero-order valence-corrected chi connectivity index (χ0v) is 16.9. The fourth-order valence-electron chi connectivity index (χ4n) is 2.57. The van der Waals surface area contributed by atoms with Crippen molar-refractivity contribution in [2.45, 2.75) is 71.8 Å². The first-order valence-electron chi connectivity index (χ1n) is 9.19. The van der Waals surface area contributed by atoms with Gasteiger partial charge in [-0.2, -0.15) is 0 Å². The van der Waals surface area contributed by atoms with Gasteiger partial charge < -0.3 is 18.0 Å². The SMILES string of the molecule is CCCCCCCC(=S)OCCC[Si]1(OCC)OCC(C)CO1. The van der Waals surface area contributed by atoms with Gasteiger partial charge in [-0.25, -0.2) is 0 Å². The Kier molecular flexibility index (Phi) is 11.3. The average molecular weight is 363 g/mol. The standard InChI is InChI=1S/C17H34O4SSi/c1-4-6-7-8-9-11-17(22)18-12-10-13-23(19-5-2)20-14-16(3)15-21-23/h16H,4-15H2,1-3H3. The lowest BCUT2D eigenvalue weighted by Crippen LogP contribution is -2.51. The zero-order chi connectivity index (χ0) is 17.0. The van der Waals surface area contributed by atoms with Crippen molar-refractivity contribution in [3.05, 3.63) is 0 Å². The van der Waals surface area contributed by atoms with Crippen molar-refractivity contribution in [2.75, 3.05) is 26.4 Å². The first-order valence-corrected chi connectivity index (χ1v) is 11.5. The molecule has 6 heteroatoms. The summed E-state index contributed by atoms with van der Waals surface area (Å²) in [6, 6.07) is 0.812. The van der Waals surface area contributed by atoms with E-state index in [2.05, 4.69) is 13.8 Å². The van der Waals surface area contributed by atoms with Crippen LogP contribution < -0.4 is 0 Å². The van der Waals surface area contributed by atoms with Crippen LogP contribution in [-0.4, -0.2) is 40.3 Å². The van der Waals surface area contributed by atoms with E-state index in [-0.39, 0.29) is 0 Å². The number of rotatable bonds is 12. The van der Waals surface area contributed by atoms with Gasteiger partial charge >= 0.3 is 8.80 Å². The molecule has 1 aliphatic heterocycles. The second-order valence-electron chi connectivity index (χ2n) is 6.33. The van der Waals surface area contributed by atoms with E-state index in [4.69, 9.17) is 30.2 Å². The molecule has 0 unspecified atom stereocenters. The van der Waals surface area contributed by atoms with Crippen LogP contribution in [0.1, 0.15) is 65.7 Å². The molecule has 0 radical (unpaired) electrons. The Balaban J connectivity index is 2.13. The summed E-state index contributed by atoms with van der Waals surface area (Å²) in [5.74, 6) is 0.451. The maximum absolute atomic E-state index is 5.93. The molecule has 4 nitrogen and oxygen atoms in total. The highest BCUT2D eigenvalue weighted by Gasteiger charge is 2.43. The molecular weight excluding hydrogens is 328 g/mol. The van der Waals surface area contributed by atoms with Gasteiger partial charge in [0, 0.05) is 38.2 Å². The number of hydrogen-bond donors (Lipinski definition) is 0. The van der Waals surface area contributed by atoms with Crippen LogP contribution in [0.4, 0.5) is 0 Å². The quantitative estimate of drug-likeness (QED) is 0.285. The lowest BCUT2D eigenvalue weighted by molar-refractivity contribution is -0.00342. The van der Waals surface area contributed by atoms with E-state index in [9.17, 15) is 0 Å². The smallest absolute Gasteiger partial charge is 0.487 e. The van der Waals surface area contributed by atoms with Crippen LogP contribution in [0.15, 0.2) is 0 Å². The number of thiocarbonyl (C=S) groups is 1. The minimum absolute atomic E-state index is 0.451. The fourth-order valence-corrected chi connectivity index (χ4v) is 5.57. The van der Waals surface area contributed by atoms with Gasteiger partial charge in [0.25, 0.3) is 0 Å². The van der Waals surface area contributed by atoms with Gasteiger partial charge in [0.05, 0.1) is 6.61 Å². The number of hydrogen-bond acceptors (Lipinski definition) is 5. The van der Waals surface area contributed by atoms with Gasteiger partial charge in [-0.1, -0.05) is 39.5 Å². The van der Waals surface area contributed by atoms with Crippen LogP contribution in [0, 0.1) is 5.92 Å². The van der Waals surface area contributed by atoms with Crippen LogP contribution in [0.5, 0.6) is 0 Å². The summed E-state index contributed by atoms with van der Waals surface area (Å²) in [6.07, 6.45) is 8.05. The lowest BCUT2D eigenvalue weighted by Gasteiger charge is -2.35. The van der Waals surface area contributed by atoms with Crippen molar-refractivity contribution in [1.29, 1.82) is 0 Å². The highest BCUT2D eigenvalue weighted by atomic mass is 32.1. The molecule has 0 amide bonds. The molecular formula is C17H34O4SSi. The molecule has 1 aliphatic rings. The molecule has 136 valence electrons. The molecule has 0 spiro atoms. The Morgan fingerprint density at radius 2 is 1.78 bits per heavy atom. The average Bonchev–Trinajstić information content (AvgIpc) is 2.54. The molecule has 23 heavy (non-hydrogen) atoms. The topological polar surface area (TPSA) is 36.9 Å². The first-order chi connectivity index (χ1) is 11.1. The Morgan fingerprint density at radius 3 is 2.43 bits per heavy atom. The van der Waals surface area contributed by atoms with Gasteiger partial charge in [0.2, 0.25) is 0 Å². The summed E-state index contributed by atoms with van der Waals surface area (Å²) in [5, 5.41) is 0.743. The zero-order valence-electron chi connectivity index (χ0n) is 15.1. The molecule has 1 fully saturated rings. The van der Waals surface area contributed by atoms with Gasteiger partial charge in [-0.3, -0.25) is 0 Å². The largest absolute Gasteiger partial charge is 0.501 e. The summed E-state index contributed by atoms with van der Waals surface area (Å²) in [6.45, 7) is 9.10. The van der Waals surface area contributed by atoms with Gasteiger partial charge in [-0.15, -0.1) is 0 Å². The molecule has 1 heterocycles. The van der Waals surface area contributed by atoms with Gasteiger partial charge in [0.15, 0.2) is 5.05 Å². The Morgan fingerprint density at radius 1 is 1.09 bits per heavy atom. The molecule has 0 saturated carbocycles. The third kappa shape index (κ3) is 9.15. The van der Waals surface area contributed by atoms with Crippen molar-refractivity contribution < 1.29 is 18.0 Å². The van der Waals surface area contributed by atoms with Crippen molar-refractivity contribution in [1.82, 2.24) is 0 Å². The highest BCUT2D eigenvalue weighted by molar-refractivity contribution is 7.80. The maximum atomic E-state index is 5.93. The van der Waals surface area contributed by atoms with Crippen LogP contribution in [-0.2, 0) is 18.0 Å². The van der Waals surface area contributed by atoms with E-state index in [1.54, 1.807) is 0 Å². The predicted octanol–water partition coefficient (Wildman–Crippen LogP) is 4.74. The molecule has 0 aromatic rings. The van der Waals surface area contributed by atoms with Crippen molar-refractivity contribution in [3.8, 4) is 0 Å². The summed E-state index contributed by atoms with van der Waals surface area (Å²) < 4.78 is 23.4. The van der Waals surface area contributed by atoms with E-state index < -0.39 is 8.80 Å². The van der Waals surface area contributed by atoms with Crippen LogP contribution in [0.25, 0.3) is 0 Å². The van der Waals surface area contributed by atoms with Crippen LogP contribution in [0.3, 0.4) is 0 Å². The van der Waals surface area contributed by atoms with E-state index in [0.717, 1.165) is 43.6 Å². The van der Waals surface area contributed by atoms with E-state index >= 15 is 0 Å². The summed E-state index contributed by atoms with van der Waals surface area (Å²) in [5.41, 5.74) is 0. The third-order valence-electron chi connectivity index (χ3n) is 3.91. The second kappa shape index (κ2) is 12.4. The predicted molar refractivity (Wildman–Crippen MR) is 99.8 cm³/mol. The number of ether oxygens (including phenoxy) is 1. The second-order valence-corrected chi connectivity index (χ2v) is 9.52. The van der Waals surface area contributed by atoms with E-state index in [1.165, 1.54) is 25.7 Å². The normalized spacial score (nSPS) is 24.6. The minimum atomic E-state index is -2.46. The van der Waals surface area contributed by atoms with E-state index in [1.807, 2.05) is 6.92 Å². The minimum Gasteiger partial charge on any atom is -0.487 e. The molecule has 0 aromatic heterocycles. The summed E-state index contributed by atoms with van der Waals surface area (Å²) in [4.78, 5) is 0. The van der Waals surface area contributed by atoms with Crippen molar-refractivity contribution in [2.24, 2.45) is 5.92 Å². The van der Waals surface area contributed by atoms with Crippen LogP contribution >= 0.6 is 12.2 Å². The Labute approximate surface area is 148 Å². The summed E-state index contributed by atoms with van der Waals surface area (Å²) >= 11 is 5.29. The first kappa shape index (κ1) is 21.0. The number of unbranched alkanes of at least 4 members (excludes halogenated alkanes) is 4.